The number of hydrogen-bond acceptors (Lipinski definition) is 4. The van der Waals surface area contributed by atoms with Gasteiger partial charge in [-0.25, -0.2) is 0 Å². The van der Waals surface area contributed by atoms with Gasteiger partial charge in [-0.1, -0.05) is 39.4 Å². The van der Waals surface area contributed by atoms with Crippen molar-refractivity contribution >= 4 is 27.3 Å². The number of nitrogens with zero attached hydrogens (tertiary/aromatic N) is 2. The molecule has 0 radical (unpaired) electrons. The molecule has 5 heteroatoms. The average molecular weight is 340 g/mol. The normalized spacial score (nSPS) is 11.8. The molecule has 0 aliphatic carbocycles. The fraction of sp³-hybridized carbons (Fsp3) is 0.429. The number of rotatable bonds is 4. The van der Waals surface area contributed by atoms with E-state index < -0.39 is 0 Å². The Kier molecular flexibility index (Phi) is 4.71. The number of aromatic nitrogens is 2. The summed E-state index contributed by atoms with van der Waals surface area (Å²) in [5.41, 5.74) is 1.26. The summed E-state index contributed by atoms with van der Waals surface area (Å²) in [4.78, 5) is 0. The van der Waals surface area contributed by atoms with E-state index in [1.165, 1.54) is 0 Å². The van der Waals surface area contributed by atoms with Gasteiger partial charge in [0.1, 0.15) is 10.0 Å². The van der Waals surface area contributed by atoms with Gasteiger partial charge >= 0.3 is 0 Å². The van der Waals surface area contributed by atoms with Crippen molar-refractivity contribution in [2.75, 3.05) is 6.54 Å². The molecule has 2 aromatic rings. The molecule has 1 aromatic carbocycles. The minimum Gasteiger partial charge on any atom is -0.312 e. The highest BCUT2D eigenvalue weighted by atomic mass is 79.9. The Balaban J connectivity index is 1.99. The molecule has 1 aromatic heterocycles. The van der Waals surface area contributed by atoms with Crippen molar-refractivity contribution in [1.29, 1.82) is 0 Å². The van der Waals surface area contributed by atoms with Gasteiger partial charge in [-0.15, -0.1) is 10.2 Å². The number of halogens is 1. The summed E-state index contributed by atoms with van der Waals surface area (Å²) in [6.45, 7) is 7.43. The van der Waals surface area contributed by atoms with E-state index in [0.29, 0.717) is 0 Å². The summed E-state index contributed by atoms with van der Waals surface area (Å²) < 4.78 is 1.07. The van der Waals surface area contributed by atoms with Crippen LogP contribution in [0, 0.1) is 0 Å². The Morgan fingerprint density at radius 3 is 2.74 bits per heavy atom. The molecular formula is C14H18BrN3S. The van der Waals surface area contributed by atoms with Gasteiger partial charge in [0.2, 0.25) is 0 Å². The highest BCUT2D eigenvalue weighted by Gasteiger charge is 2.10. The first-order chi connectivity index (χ1) is 8.94. The summed E-state index contributed by atoms with van der Waals surface area (Å²) in [5, 5.41) is 14.0. The molecular weight excluding hydrogens is 322 g/mol. The molecule has 19 heavy (non-hydrogen) atoms. The predicted molar refractivity (Wildman–Crippen MR) is 84.5 cm³/mol. The lowest BCUT2D eigenvalue weighted by molar-refractivity contribution is 0.429. The maximum Gasteiger partial charge on any atom is 0.147 e. The second kappa shape index (κ2) is 6.11. The van der Waals surface area contributed by atoms with Crippen LogP contribution in [0.15, 0.2) is 28.7 Å². The molecule has 0 bridgehead atoms. The molecule has 2 rings (SSSR count). The van der Waals surface area contributed by atoms with Crippen molar-refractivity contribution in [1.82, 2.24) is 15.5 Å². The Morgan fingerprint density at radius 1 is 1.26 bits per heavy atom. The van der Waals surface area contributed by atoms with Crippen molar-refractivity contribution in [3.63, 3.8) is 0 Å². The van der Waals surface area contributed by atoms with Crippen LogP contribution < -0.4 is 5.32 Å². The first-order valence-corrected chi connectivity index (χ1v) is 7.88. The van der Waals surface area contributed by atoms with Gasteiger partial charge in [0.15, 0.2) is 0 Å². The monoisotopic (exact) mass is 339 g/mol. The summed E-state index contributed by atoms with van der Waals surface area (Å²) >= 11 is 5.14. The van der Waals surface area contributed by atoms with Crippen LogP contribution in [-0.4, -0.2) is 22.3 Å². The molecule has 3 nitrogen and oxygen atoms in total. The van der Waals surface area contributed by atoms with Gasteiger partial charge in [-0.05, 0) is 32.9 Å². The largest absolute Gasteiger partial charge is 0.312 e. The van der Waals surface area contributed by atoms with Crippen LogP contribution in [0.5, 0.6) is 0 Å². The van der Waals surface area contributed by atoms with Crippen molar-refractivity contribution in [2.24, 2.45) is 0 Å². The lowest BCUT2D eigenvalue weighted by atomic mass is 10.1. The fourth-order valence-electron chi connectivity index (χ4n) is 1.64. The van der Waals surface area contributed by atoms with E-state index in [2.05, 4.69) is 64.3 Å². The molecule has 0 aliphatic rings. The molecule has 1 heterocycles. The van der Waals surface area contributed by atoms with E-state index in [4.69, 9.17) is 0 Å². The SMILES string of the molecule is CC(C)(C)NCCc1nnc(-c2cccc(Br)c2)s1. The Morgan fingerprint density at radius 2 is 2.05 bits per heavy atom. The number of hydrogen-bond donors (Lipinski definition) is 1. The average Bonchev–Trinajstić information content (AvgIpc) is 2.76. The summed E-state index contributed by atoms with van der Waals surface area (Å²) in [5.74, 6) is 0. The van der Waals surface area contributed by atoms with Crippen LogP contribution in [0.4, 0.5) is 0 Å². The Bertz CT molecular complexity index is 546. The Hall–Kier alpha value is -0.780. The molecule has 0 spiro atoms. The van der Waals surface area contributed by atoms with E-state index in [-0.39, 0.29) is 5.54 Å². The second-order valence-electron chi connectivity index (χ2n) is 5.44. The van der Waals surface area contributed by atoms with E-state index in [0.717, 1.165) is 33.0 Å². The number of nitrogens with one attached hydrogen (secondary N) is 1. The van der Waals surface area contributed by atoms with E-state index in [1.54, 1.807) is 11.3 Å². The third-order valence-corrected chi connectivity index (χ3v) is 4.06. The van der Waals surface area contributed by atoms with Gasteiger partial charge in [0.05, 0.1) is 0 Å². The fourth-order valence-corrected chi connectivity index (χ4v) is 2.87. The van der Waals surface area contributed by atoms with Gasteiger partial charge in [0, 0.05) is 28.5 Å². The van der Waals surface area contributed by atoms with Crippen LogP contribution in [0.1, 0.15) is 25.8 Å². The summed E-state index contributed by atoms with van der Waals surface area (Å²) in [6, 6.07) is 8.15. The van der Waals surface area contributed by atoms with Crippen LogP contribution in [-0.2, 0) is 6.42 Å². The first kappa shape index (κ1) is 14.6. The van der Waals surface area contributed by atoms with Crippen molar-refractivity contribution in [3.8, 4) is 10.6 Å². The molecule has 0 amide bonds. The standard InChI is InChI=1S/C14H18BrN3S/c1-14(2,3)16-8-7-12-17-18-13(19-12)10-5-4-6-11(15)9-10/h4-6,9,16H,7-8H2,1-3H3. The van der Waals surface area contributed by atoms with E-state index >= 15 is 0 Å². The number of benzene rings is 1. The molecule has 0 aliphatic heterocycles. The molecule has 0 fully saturated rings. The maximum atomic E-state index is 4.26. The van der Waals surface area contributed by atoms with Crippen LogP contribution in [0.3, 0.4) is 0 Å². The zero-order valence-electron chi connectivity index (χ0n) is 11.4. The van der Waals surface area contributed by atoms with Crippen LogP contribution in [0.25, 0.3) is 10.6 Å². The van der Waals surface area contributed by atoms with Crippen LogP contribution in [0.2, 0.25) is 0 Å². The second-order valence-corrected chi connectivity index (χ2v) is 7.42. The molecule has 0 saturated heterocycles. The van der Waals surface area contributed by atoms with E-state index in [1.807, 2.05) is 12.1 Å². The topological polar surface area (TPSA) is 37.8 Å². The minimum absolute atomic E-state index is 0.151. The van der Waals surface area contributed by atoms with Crippen molar-refractivity contribution < 1.29 is 0 Å². The van der Waals surface area contributed by atoms with Crippen LogP contribution >= 0.6 is 27.3 Å². The summed E-state index contributed by atoms with van der Waals surface area (Å²) in [7, 11) is 0. The van der Waals surface area contributed by atoms with Gasteiger partial charge in [0.25, 0.3) is 0 Å². The molecule has 0 saturated carbocycles. The maximum absolute atomic E-state index is 4.26. The Labute approximate surface area is 126 Å². The van der Waals surface area contributed by atoms with Crippen molar-refractivity contribution in [2.45, 2.75) is 32.7 Å². The highest BCUT2D eigenvalue weighted by molar-refractivity contribution is 9.10. The minimum atomic E-state index is 0.151. The zero-order chi connectivity index (χ0) is 13.9. The molecule has 102 valence electrons. The van der Waals surface area contributed by atoms with Gasteiger partial charge in [-0.3, -0.25) is 0 Å². The smallest absolute Gasteiger partial charge is 0.147 e. The first-order valence-electron chi connectivity index (χ1n) is 6.27. The summed E-state index contributed by atoms with van der Waals surface area (Å²) in [6.07, 6.45) is 0.920. The lowest BCUT2D eigenvalue weighted by Gasteiger charge is -2.19. The third kappa shape index (κ3) is 4.67. The lowest BCUT2D eigenvalue weighted by Crippen LogP contribution is -2.37. The quantitative estimate of drug-likeness (QED) is 0.917. The van der Waals surface area contributed by atoms with Gasteiger partial charge in [-0.2, -0.15) is 0 Å². The zero-order valence-corrected chi connectivity index (χ0v) is 13.8. The molecule has 0 atom stereocenters. The molecule has 1 N–H and O–H groups in total. The van der Waals surface area contributed by atoms with Crippen molar-refractivity contribution in [3.05, 3.63) is 33.7 Å². The highest BCUT2D eigenvalue weighted by Crippen LogP contribution is 2.26. The predicted octanol–water partition coefficient (Wildman–Crippen LogP) is 3.90. The van der Waals surface area contributed by atoms with Gasteiger partial charge < -0.3 is 5.32 Å². The molecule has 0 unspecified atom stereocenters. The third-order valence-electron chi connectivity index (χ3n) is 2.53. The van der Waals surface area contributed by atoms with E-state index in [9.17, 15) is 0 Å².